The number of H-pyrrole nitrogens is 1. The Balaban J connectivity index is 1.48. The number of aromatic nitrogens is 3. The van der Waals surface area contributed by atoms with Crippen molar-refractivity contribution in [3.8, 4) is 11.4 Å². The first-order valence-corrected chi connectivity index (χ1v) is 11.7. The van der Waals surface area contributed by atoms with Gasteiger partial charge in [-0.05, 0) is 51.0 Å². The van der Waals surface area contributed by atoms with Crippen molar-refractivity contribution in [2.45, 2.75) is 25.7 Å². The lowest BCUT2D eigenvalue weighted by Gasteiger charge is -2.26. The number of fused-ring (bicyclic) bond motifs is 3. The van der Waals surface area contributed by atoms with E-state index in [1.165, 1.54) is 39.5 Å². The summed E-state index contributed by atoms with van der Waals surface area (Å²) in [5, 5.41) is 5.50. The predicted molar refractivity (Wildman–Crippen MR) is 132 cm³/mol. The van der Waals surface area contributed by atoms with E-state index in [1.807, 2.05) is 42.5 Å². The molecule has 3 heterocycles. The van der Waals surface area contributed by atoms with E-state index >= 15 is 0 Å². The molecule has 0 amide bonds. The Kier molecular flexibility index (Phi) is 6.21. The number of rotatable bonds is 7. The van der Waals surface area contributed by atoms with Gasteiger partial charge in [-0.2, -0.15) is 0 Å². The number of methoxy groups -OCH3 is 1. The zero-order valence-electron chi connectivity index (χ0n) is 18.9. The van der Waals surface area contributed by atoms with Crippen LogP contribution in [0.2, 0.25) is 0 Å². The van der Waals surface area contributed by atoms with E-state index < -0.39 is 0 Å². The first kappa shape index (κ1) is 21.4. The number of nitrogens with one attached hydrogen (secondary N) is 2. The van der Waals surface area contributed by atoms with Gasteiger partial charge in [-0.25, -0.2) is 14.8 Å². The molecule has 0 unspecified atom stereocenters. The van der Waals surface area contributed by atoms with Gasteiger partial charge in [-0.1, -0.05) is 42.8 Å². The Morgan fingerprint density at radius 1 is 1.09 bits per heavy atom. The molecule has 1 aliphatic rings. The molecular formula is C26H29N5O2. The topological polar surface area (TPSA) is 83.1 Å². The van der Waals surface area contributed by atoms with Gasteiger partial charge in [0.05, 0.1) is 18.1 Å². The first-order valence-electron chi connectivity index (χ1n) is 11.7. The van der Waals surface area contributed by atoms with E-state index in [4.69, 9.17) is 14.7 Å². The van der Waals surface area contributed by atoms with Crippen LogP contribution in [-0.4, -0.2) is 59.1 Å². The van der Waals surface area contributed by atoms with Gasteiger partial charge in [-0.3, -0.25) is 0 Å². The second-order valence-electron chi connectivity index (χ2n) is 8.55. The Hall–Kier alpha value is -3.45. The van der Waals surface area contributed by atoms with E-state index in [2.05, 4.69) is 15.2 Å². The highest BCUT2D eigenvalue weighted by Crippen LogP contribution is 2.32. The minimum atomic E-state index is -0.359. The fourth-order valence-corrected chi connectivity index (χ4v) is 4.58. The lowest BCUT2D eigenvalue weighted by Crippen LogP contribution is -2.31. The largest absolute Gasteiger partial charge is 0.465 e. The molecule has 7 heteroatoms. The van der Waals surface area contributed by atoms with Crippen molar-refractivity contribution in [3.63, 3.8) is 0 Å². The van der Waals surface area contributed by atoms with Crippen molar-refractivity contribution in [2.75, 3.05) is 38.6 Å². The Labute approximate surface area is 193 Å². The number of benzene rings is 2. The van der Waals surface area contributed by atoms with Gasteiger partial charge in [0, 0.05) is 23.0 Å². The molecule has 0 radical (unpaired) electrons. The van der Waals surface area contributed by atoms with Gasteiger partial charge in [0.1, 0.15) is 11.5 Å². The summed E-state index contributed by atoms with van der Waals surface area (Å²) in [6.45, 7) is 4.36. The highest BCUT2D eigenvalue weighted by Gasteiger charge is 2.17. The van der Waals surface area contributed by atoms with E-state index in [0.717, 1.165) is 52.8 Å². The molecule has 0 bridgehead atoms. The fraction of sp³-hybridized carbons (Fsp3) is 0.346. The quantitative estimate of drug-likeness (QED) is 0.314. The summed E-state index contributed by atoms with van der Waals surface area (Å²) in [6.07, 6.45) is 5.03. The summed E-state index contributed by atoms with van der Waals surface area (Å²) < 4.78 is 4.88. The Morgan fingerprint density at radius 3 is 2.70 bits per heavy atom. The summed E-state index contributed by atoms with van der Waals surface area (Å²) in [7, 11) is 1.39. The van der Waals surface area contributed by atoms with Crippen LogP contribution in [0.15, 0.2) is 48.5 Å². The number of piperidine rings is 1. The zero-order chi connectivity index (χ0) is 22.6. The van der Waals surface area contributed by atoms with Gasteiger partial charge in [0.2, 0.25) is 0 Å². The molecule has 1 fully saturated rings. The number of esters is 1. The minimum absolute atomic E-state index is 0.359. The normalized spacial score (nSPS) is 14.6. The van der Waals surface area contributed by atoms with Crippen LogP contribution >= 0.6 is 0 Å². The molecule has 2 aromatic carbocycles. The molecule has 33 heavy (non-hydrogen) atoms. The summed E-state index contributed by atoms with van der Waals surface area (Å²) in [6, 6.07) is 15.5. The van der Waals surface area contributed by atoms with Crippen LogP contribution in [-0.2, 0) is 4.74 Å². The number of hydrogen-bond acceptors (Lipinski definition) is 6. The molecule has 7 nitrogen and oxygen atoms in total. The number of ether oxygens (including phenoxy) is 1. The molecule has 1 saturated heterocycles. The van der Waals surface area contributed by atoms with Crippen LogP contribution in [0.4, 0.5) is 5.82 Å². The maximum atomic E-state index is 12.0. The molecule has 2 N–H and O–H groups in total. The third-order valence-electron chi connectivity index (χ3n) is 6.30. The maximum Gasteiger partial charge on any atom is 0.337 e. The first-order chi connectivity index (χ1) is 16.2. The van der Waals surface area contributed by atoms with Gasteiger partial charge in [-0.15, -0.1) is 0 Å². The van der Waals surface area contributed by atoms with Crippen LogP contribution in [0.5, 0.6) is 0 Å². The number of nitrogens with zero attached hydrogens (tertiary/aromatic N) is 3. The Morgan fingerprint density at radius 2 is 1.91 bits per heavy atom. The number of anilines is 1. The average molecular weight is 444 g/mol. The second kappa shape index (κ2) is 9.58. The molecule has 1 aliphatic heterocycles. The van der Waals surface area contributed by atoms with Gasteiger partial charge in [0.15, 0.2) is 5.82 Å². The summed E-state index contributed by atoms with van der Waals surface area (Å²) >= 11 is 0. The van der Waals surface area contributed by atoms with Crippen LogP contribution in [0, 0.1) is 0 Å². The molecular weight excluding hydrogens is 414 g/mol. The average Bonchev–Trinajstić information content (AvgIpc) is 3.25. The van der Waals surface area contributed by atoms with Gasteiger partial charge >= 0.3 is 5.97 Å². The van der Waals surface area contributed by atoms with Crippen LogP contribution in [0.3, 0.4) is 0 Å². The molecule has 170 valence electrons. The van der Waals surface area contributed by atoms with E-state index in [1.54, 1.807) is 6.07 Å². The monoisotopic (exact) mass is 443 g/mol. The third kappa shape index (κ3) is 4.54. The number of carbonyl (C=O) groups excluding carboxylic acids is 1. The van der Waals surface area contributed by atoms with Crippen molar-refractivity contribution in [1.29, 1.82) is 0 Å². The summed E-state index contributed by atoms with van der Waals surface area (Å²) in [5.74, 6) is 1.12. The smallest absolute Gasteiger partial charge is 0.337 e. The second-order valence-corrected chi connectivity index (χ2v) is 8.55. The lowest BCUT2D eigenvalue weighted by molar-refractivity contribution is 0.0601. The fourth-order valence-electron chi connectivity index (χ4n) is 4.58. The number of carbonyl (C=O) groups is 1. The van der Waals surface area contributed by atoms with E-state index in [-0.39, 0.29) is 5.97 Å². The standard InChI is InChI=1S/C26H29N5O2/c1-33-26(32)19-11-12-20-21(17-19)28-25-22(20)24(27-13-8-16-31-14-6-3-7-15-31)29-23(30-25)18-9-4-2-5-10-18/h2,4-5,9-12,17H,3,6-8,13-16H2,1H3,(H2,27,28,29,30). The van der Waals surface area contributed by atoms with Crippen LogP contribution in [0.25, 0.3) is 33.3 Å². The maximum absolute atomic E-state index is 12.0. The zero-order valence-corrected chi connectivity index (χ0v) is 18.9. The Bertz CT molecular complexity index is 1260. The van der Waals surface area contributed by atoms with Crippen LogP contribution < -0.4 is 5.32 Å². The van der Waals surface area contributed by atoms with Crippen molar-refractivity contribution in [3.05, 3.63) is 54.1 Å². The molecule has 0 atom stereocenters. The van der Waals surface area contributed by atoms with Crippen molar-refractivity contribution >= 4 is 33.7 Å². The highest BCUT2D eigenvalue weighted by atomic mass is 16.5. The van der Waals surface area contributed by atoms with E-state index in [0.29, 0.717) is 11.4 Å². The highest BCUT2D eigenvalue weighted by molar-refractivity contribution is 6.12. The van der Waals surface area contributed by atoms with Crippen molar-refractivity contribution in [1.82, 2.24) is 19.9 Å². The molecule has 4 aromatic rings. The lowest BCUT2D eigenvalue weighted by atomic mass is 10.1. The molecule has 0 aliphatic carbocycles. The van der Waals surface area contributed by atoms with Gasteiger partial charge in [0.25, 0.3) is 0 Å². The molecule has 2 aromatic heterocycles. The number of likely N-dealkylation sites (tertiary alicyclic amines) is 1. The van der Waals surface area contributed by atoms with Crippen molar-refractivity contribution in [2.24, 2.45) is 0 Å². The SMILES string of the molecule is COC(=O)c1ccc2c(c1)[nH]c1nc(-c3ccccc3)nc(NCCCN3CCCCC3)c12. The molecule has 5 rings (SSSR count). The predicted octanol–water partition coefficient (Wildman–Crippen LogP) is 4.85. The number of aromatic amines is 1. The van der Waals surface area contributed by atoms with Crippen LogP contribution in [0.1, 0.15) is 36.0 Å². The minimum Gasteiger partial charge on any atom is -0.465 e. The van der Waals surface area contributed by atoms with E-state index in [9.17, 15) is 4.79 Å². The summed E-state index contributed by atoms with van der Waals surface area (Å²) in [4.78, 5) is 27.7. The van der Waals surface area contributed by atoms with Crippen molar-refractivity contribution < 1.29 is 9.53 Å². The van der Waals surface area contributed by atoms with Gasteiger partial charge < -0.3 is 19.9 Å². The number of hydrogen-bond donors (Lipinski definition) is 2. The third-order valence-corrected chi connectivity index (χ3v) is 6.30. The molecule has 0 saturated carbocycles. The molecule has 0 spiro atoms. The summed E-state index contributed by atoms with van der Waals surface area (Å²) in [5.41, 5.74) is 3.05.